The third kappa shape index (κ3) is 2.53. The van der Waals surface area contributed by atoms with E-state index in [1.54, 1.807) is 6.92 Å². The lowest BCUT2D eigenvalue weighted by molar-refractivity contribution is -0.177. The van der Waals surface area contributed by atoms with Crippen LogP contribution in [0.3, 0.4) is 0 Å². The smallest absolute Gasteiger partial charge is 0.306 e. The zero-order valence-electron chi connectivity index (χ0n) is 12.9. The molecule has 120 valence electrons. The fourth-order valence-electron chi connectivity index (χ4n) is 5.51. The molecule has 4 bridgehead atoms. The van der Waals surface area contributed by atoms with Crippen molar-refractivity contribution in [2.24, 2.45) is 17.3 Å². The summed E-state index contributed by atoms with van der Waals surface area (Å²) in [6, 6.07) is 0. The van der Waals surface area contributed by atoms with Gasteiger partial charge in [-0.05, 0) is 62.7 Å². The van der Waals surface area contributed by atoms with Gasteiger partial charge in [0.25, 0.3) is 5.89 Å². The summed E-state index contributed by atoms with van der Waals surface area (Å²) in [6.45, 7) is 1.76. The second kappa shape index (κ2) is 4.78. The Kier molecular flexibility index (Phi) is 3.08. The van der Waals surface area contributed by atoms with Crippen LogP contribution in [0.15, 0.2) is 4.52 Å². The van der Waals surface area contributed by atoms with Crippen molar-refractivity contribution in [3.8, 4) is 0 Å². The zero-order valence-corrected chi connectivity index (χ0v) is 12.9. The van der Waals surface area contributed by atoms with Crippen molar-refractivity contribution in [1.29, 1.82) is 0 Å². The van der Waals surface area contributed by atoms with E-state index in [0.29, 0.717) is 30.0 Å². The molecule has 4 aliphatic carbocycles. The lowest BCUT2D eigenvalue weighted by atomic mass is 9.47. The summed E-state index contributed by atoms with van der Waals surface area (Å²) in [5.74, 6) is 1.81. The number of ether oxygens (including phenoxy) is 1. The number of aromatic nitrogens is 2. The van der Waals surface area contributed by atoms with Gasteiger partial charge in [0, 0.05) is 0 Å². The van der Waals surface area contributed by atoms with Crippen LogP contribution in [0.1, 0.15) is 56.7 Å². The highest BCUT2D eigenvalue weighted by atomic mass is 16.6. The van der Waals surface area contributed by atoms with E-state index >= 15 is 0 Å². The molecule has 2 unspecified atom stereocenters. The van der Waals surface area contributed by atoms with Crippen LogP contribution in [0.4, 0.5) is 0 Å². The average Bonchev–Trinajstić information content (AvgIpc) is 2.78. The number of hydrogen-bond acceptors (Lipinski definition) is 6. The molecule has 1 N–H and O–H groups in total. The lowest BCUT2D eigenvalue weighted by Gasteiger charge is -2.60. The Morgan fingerprint density at radius 2 is 2.09 bits per heavy atom. The molecule has 0 aliphatic heterocycles. The van der Waals surface area contributed by atoms with E-state index in [1.807, 2.05) is 0 Å². The van der Waals surface area contributed by atoms with Crippen molar-refractivity contribution in [2.45, 2.75) is 64.1 Å². The average molecular weight is 306 g/mol. The van der Waals surface area contributed by atoms with Crippen LogP contribution >= 0.6 is 0 Å². The number of carbonyl (C=O) groups is 1. The van der Waals surface area contributed by atoms with E-state index in [1.165, 1.54) is 6.42 Å². The largest absolute Gasteiger partial charge is 0.456 e. The van der Waals surface area contributed by atoms with Gasteiger partial charge in [-0.3, -0.25) is 4.79 Å². The summed E-state index contributed by atoms with van der Waals surface area (Å²) < 4.78 is 10.2. The predicted molar refractivity (Wildman–Crippen MR) is 75.5 cm³/mol. The van der Waals surface area contributed by atoms with Gasteiger partial charge in [0.1, 0.15) is 0 Å². The van der Waals surface area contributed by atoms with Crippen molar-refractivity contribution < 1.29 is 19.2 Å². The van der Waals surface area contributed by atoms with Crippen molar-refractivity contribution in [2.75, 3.05) is 0 Å². The van der Waals surface area contributed by atoms with Crippen LogP contribution < -0.4 is 0 Å². The minimum Gasteiger partial charge on any atom is -0.456 e. The van der Waals surface area contributed by atoms with Gasteiger partial charge in [0.05, 0.1) is 12.0 Å². The Labute approximate surface area is 129 Å². The molecule has 6 nitrogen and oxygen atoms in total. The Bertz CT molecular complexity index is 583. The molecular weight excluding hydrogens is 284 g/mol. The van der Waals surface area contributed by atoms with Crippen LogP contribution in [0.2, 0.25) is 0 Å². The fraction of sp³-hybridized carbons (Fsp3) is 0.812. The molecule has 4 aliphatic rings. The van der Waals surface area contributed by atoms with E-state index in [2.05, 4.69) is 10.1 Å². The van der Waals surface area contributed by atoms with Gasteiger partial charge in [-0.1, -0.05) is 5.16 Å². The standard InChI is InChI=1S/C16H22N2O4/c1-10-17-13(22-18-10)8-21-14(19)7-15-3-11-2-12(4-15)6-16(20,5-11)9-15/h11-12,20H,2-9H2,1H3. The van der Waals surface area contributed by atoms with Gasteiger partial charge in [-0.25, -0.2) is 0 Å². The van der Waals surface area contributed by atoms with Crippen molar-refractivity contribution in [3.05, 3.63) is 11.7 Å². The molecule has 6 heteroatoms. The van der Waals surface area contributed by atoms with Crippen LogP contribution in [0.25, 0.3) is 0 Å². The third-order valence-corrected chi connectivity index (χ3v) is 5.60. The first kappa shape index (κ1) is 14.2. The van der Waals surface area contributed by atoms with E-state index in [0.717, 1.165) is 32.1 Å². The Morgan fingerprint density at radius 3 is 2.68 bits per heavy atom. The number of rotatable bonds is 4. The van der Waals surface area contributed by atoms with E-state index < -0.39 is 5.60 Å². The van der Waals surface area contributed by atoms with Gasteiger partial charge in [0.2, 0.25) is 0 Å². The molecule has 5 rings (SSSR count). The van der Waals surface area contributed by atoms with Gasteiger partial charge in [-0.2, -0.15) is 4.98 Å². The van der Waals surface area contributed by atoms with Crippen LogP contribution in [-0.4, -0.2) is 26.8 Å². The first-order valence-electron chi connectivity index (χ1n) is 8.11. The maximum absolute atomic E-state index is 12.2. The maximum atomic E-state index is 12.2. The predicted octanol–water partition coefficient (Wildman–Crippen LogP) is 2.14. The van der Waals surface area contributed by atoms with Gasteiger partial charge in [-0.15, -0.1) is 0 Å². The first-order chi connectivity index (χ1) is 10.4. The summed E-state index contributed by atoms with van der Waals surface area (Å²) in [4.78, 5) is 16.2. The molecule has 2 atom stereocenters. The number of nitrogens with zero attached hydrogens (tertiary/aromatic N) is 2. The highest BCUT2D eigenvalue weighted by Gasteiger charge is 2.57. The molecule has 1 heterocycles. The number of aliphatic hydroxyl groups is 1. The summed E-state index contributed by atoms with van der Waals surface area (Å²) >= 11 is 0. The van der Waals surface area contributed by atoms with Crippen molar-refractivity contribution >= 4 is 5.97 Å². The maximum Gasteiger partial charge on any atom is 0.306 e. The SMILES string of the molecule is Cc1noc(COC(=O)CC23CC4CC(CC(O)(C4)C2)C3)n1. The molecule has 22 heavy (non-hydrogen) atoms. The molecule has 4 fully saturated rings. The van der Waals surface area contributed by atoms with E-state index in [-0.39, 0.29) is 18.0 Å². The van der Waals surface area contributed by atoms with E-state index in [9.17, 15) is 9.90 Å². The molecule has 4 saturated carbocycles. The van der Waals surface area contributed by atoms with Crippen LogP contribution in [0, 0.1) is 24.2 Å². The Hall–Kier alpha value is -1.43. The first-order valence-corrected chi connectivity index (χ1v) is 8.11. The quantitative estimate of drug-likeness (QED) is 0.858. The molecule has 0 saturated heterocycles. The third-order valence-electron chi connectivity index (χ3n) is 5.60. The molecule has 0 aromatic carbocycles. The number of hydrogen-bond donors (Lipinski definition) is 1. The molecule has 0 radical (unpaired) electrons. The molecule has 1 aromatic rings. The second-order valence-electron chi connectivity index (χ2n) is 7.76. The Morgan fingerprint density at radius 1 is 1.36 bits per heavy atom. The minimum absolute atomic E-state index is 0.0346. The lowest BCUT2D eigenvalue weighted by Crippen LogP contribution is -2.56. The van der Waals surface area contributed by atoms with Gasteiger partial charge >= 0.3 is 5.97 Å². The van der Waals surface area contributed by atoms with Crippen molar-refractivity contribution in [1.82, 2.24) is 10.1 Å². The second-order valence-corrected chi connectivity index (χ2v) is 7.76. The Balaban J connectivity index is 1.39. The molecule has 0 amide bonds. The summed E-state index contributed by atoms with van der Waals surface area (Å²) in [7, 11) is 0. The summed E-state index contributed by atoms with van der Waals surface area (Å²) in [5.41, 5.74) is -0.589. The van der Waals surface area contributed by atoms with Crippen LogP contribution in [0.5, 0.6) is 0 Å². The highest BCUT2D eigenvalue weighted by molar-refractivity contribution is 5.70. The summed E-state index contributed by atoms with van der Waals surface area (Å²) in [5, 5.41) is 14.4. The topological polar surface area (TPSA) is 85.5 Å². The molecular formula is C16H22N2O4. The minimum atomic E-state index is -0.534. The van der Waals surface area contributed by atoms with Crippen molar-refractivity contribution in [3.63, 3.8) is 0 Å². The highest BCUT2D eigenvalue weighted by Crippen LogP contribution is 2.62. The number of aryl methyl sites for hydroxylation is 1. The van der Waals surface area contributed by atoms with Crippen LogP contribution in [-0.2, 0) is 16.1 Å². The number of carbonyl (C=O) groups excluding carboxylic acids is 1. The fourth-order valence-corrected chi connectivity index (χ4v) is 5.51. The van der Waals surface area contributed by atoms with Gasteiger partial charge < -0.3 is 14.4 Å². The molecule has 1 aromatic heterocycles. The zero-order chi connectivity index (χ0) is 15.4. The summed E-state index contributed by atoms with van der Waals surface area (Å²) in [6.07, 6.45) is 6.32. The van der Waals surface area contributed by atoms with Gasteiger partial charge in [0.15, 0.2) is 12.4 Å². The normalized spacial score (nSPS) is 39.2. The van der Waals surface area contributed by atoms with E-state index in [4.69, 9.17) is 9.26 Å². The molecule has 0 spiro atoms. The monoisotopic (exact) mass is 306 g/mol. The number of esters is 1.